The SMILES string of the molecule is CN1C(=O)c2ccc(-c3ccc(F)cc3F)cc2OC2CN(Cc3cncnc3)CC21. The van der Waals surface area contributed by atoms with Crippen molar-refractivity contribution < 1.29 is 18.3 Å². The fourth-order valence-corrected chi connectivity index (χ4v) is 4.31. The third kappa shape index (κ3) is 3.63. The smallest absolute Gasteiger partial charge is 0.257 e. The number of halogens is 2. The number of hydrogen-bond donors (Lipinski definition) is 0. The maximum Gasteiger partial charge on any atom is 0.257 e. The first kappa shape index (κ1) is 19.6. The molecule has 2 atom stereocenters. The highest BCUT2D eigenvalue weighted by atomic mass is 19.1. The van der Waals surface area contributed by atoms with Gasteiger partial charge >= 0.3 is 0 Å². The predicted octanol–water partition coefficient (Wildman–Crippen LogP) is 3.14. The summed E-state index contributed by atoms with van der Waals surface area (Å²) in [4.78, 5) is 25.1. The molecule has 0 spiro atoms. The number of nitrogens with zero attached hydrogens (tertiary/aromatic N) is 4. The van der Waals surface area contributed by atoms with Crippen LogP contribution in [0.3, 0.4) is 0 Å². The Morgan fingerprint density at radius 2 is 1.84 bits per heavy atom. The molecule has 31 heavy (non-hydrogen) atoms. The topological polar surface area (TPSA) is 58.6 Å². The molecule has 3 aromatic rings. The van der Waals surface area contributed by atoms with Crippen LogP contribution in [0.25, 0.3) is 11.1 Å². The third-order valence-electron chi connectivity index (χ3n) is 5.88. The average Bonchev–Trinajstić information content (AvgIpc) is 3.11. The first-order valence-electron chi connectivity index (χ1n) is 9.99. The molecule has 3 heterocycles. The van der Waals surface area contributed by atoms with Gasteiger partial charge in [-0.05, 0) is 29.8 Å². The number of hydrogen-bond acceptors (Lipinski definition) is 5. The van der Waals surface area contributed by atoms with Crippen molar-refractivity contribution in [1.82, 2.24) is 19.8 Å². The first-order valence-corrected chi connectivity index (χ1v) is 9.99. The van der Waals surface area contributed by atoms with Gasteiger partial charge in [-0.15, -0.1) is 0 Å². The molecule has 1 aromatic heterocycles. The molecular weight excluding hydrogens is 402 g/mol. The molecule has 0 radical (unpaired) electrons. The van der Waals surface area contributed by atoms with E-state index in [-0.39, 0.29) is 23.6 Å². The summed E-state index contributed by atoms with van der Waals surface area (Å²) in [7, 11) is 1.78. The van der Waals surface area contributed by atoms with E-state index in [1.54, 1.807) is 42.5 Å². The van der Waals surface area contributed by atoms with Crippen LogP contribution in [0.15, 0.2) is 55.1 Å². The summed E-state index contributed by atoms with van der Waals surface area (Å²) < 4.78 is 33.9. The minimum atomic E-state index is -0.660. The van der Waals surface area contributed by atoms with E-state index in [9.17, 15) is 13.6 Å². The lowest BCUT2D eigenvalue weighted by atomic mass is 10.0. The fourth-order valence-electron chi connectivity index (χ4n) is 4.31. The van der Waals surface area contributed by atoms with E-state index in [4.69, 9.17) is 4.74 Å². The van der Waals surface area contributed by atoms with E-state index < -0.39 is 11.6 Å². The van der Waals surface area contributed by atoms with Crippen molar-refractivity contribution in [3.8, 4) is 16.9 Å². The molecule has 158 valence electrons. The lowest BCUT2D eigenvalue weighted by molar-refractivity contribution is 0.0682. The zero-order valence-corrected chi connectivity index (χ0v) is 16.8. The number of likely N-dealkylation sites (tertiary alicyclic amines) is 1. The van der Waals surface area contributed by atoms with Gasteiger partial charge in [0, 0.05) is 56.3 Å². The van der Waals surface area contributed by atoms with Crippen molar-refractivity contribution in [2.45, 2.75) is 18.7 Å². The zero-order valence-electron chi connectivity index (χ0n) is 16.8. The van der Waals surface area contributed by atoms with E-state index in [0.717, 1.165) is 11.6 Å². The summed E-state index contributed by atoms with van der Waals surface area (Å²) in [6.45, 7) is 1.95. The number of amides is 1. The molecule has 5 rings (SSSR count). The summed E-state index contributed by atoms with van der Waals surface area (Å²) in [5.41, 5.74) is 2.21. The summed E-state index contributed by atoms with van der Waals surface area (Å²) in [5, 5.41) is 0. The second-order valence-electron chi connectivity index (χ2n) is 7.92. The highest BCUT2D eigenvalue weighted by Crippen LogP contribution is 2.35. The van der Waals surface area contributed by atoms with Crippen molar-refractivity contribution in [2.75, 3.05) is 20.1 Å². The van der Waals surface area contributed by atoms with Crippen LogP contribution in [0.2, 0.25) is 0 Å². The van der Waals surface area contributed by atoms with Gasteiger partial charge in [0.15, 0.2) is 0 Å². The number of carbonyl (C=O) groups excluding carboxylic acids is 1. The molecule has 0 N–H and O–H groups in total. The highest BCUT2D eigenvalue weighted by molar-refractivity contribution is 5.98. The zero-order chi connectivity index (χ0) is 21.5. The summed E-state index contributed by atoms with van der Waals surface area (Å²) in [6, 6.07) is 8.29. The molecule has 2 aliphatic rings. The number of carbonyl (C=O) groups is 1. The minimum Gasteiger partial charge on any atom is -0.486 e. The van der Waals surface area contributed by atoms with Gasteiger partial charge in [0.1, 0.15) is 29.8 Å². The number of aromatic nitrogens is 2. The number of ether oxygens (including phenoxy) is 1. The Morgan fingerprint density at radius 1 is 1.06 bits per heavy atom. The van der Waals surface area contributed by atoms with Crippen molar-refractivity contribution in [1.29, 1.82) is 0 Å². The molecule has 8 heteroatoms. The second-order valence-corrected chi connectivity index (χ2v) is 7.92. The standard InChI is InChI=1S/C23H20F2N4O2/c1-28-20-11-29(10-14-8-26-13-27-9-14)12-22(20)31-21-6-15(2-4-18(21)23(28)30)17-5-3-16(24)7-19(17)25/h2-9,13,20,22H,10-12H2,1H3. The van der Waals surface area contributed by atoms with Gasteiger partial charge in [-0.3, -0.25) is 9.69 Å². The summed E-state index contributed by atoms with van der Waals surface area (Å²) in [5.74, 6) is -1.03. The first-order chi connectivity index (χ1) is 15.0. The molecular formula is C23H20F2N4O2. The Labute approximate surface area is 178 Å². The maximum absolute atomic E-state index is 14.3. The van der Waals surface area contributed by atoms with Gasteiger partial charge in [0.05, 0.1) is 11.6 Å². The molecule has 6 nitrogen and oxygen atoms in total. The Hall–Kier alpha value is -3.39. The molecule has 0 saturated carbocycles. The summed E-state index contributed by atoms with van der Waals surface area (Å²) in [6.07, 6.45) is 4.81. The van der Waals surface area contributed by atoms with Crippen molar-refractivity contribution >= 4 is 5.91 Å². The van der Waals surface area contributed by atoms with Gasteiger partial charge in [0.2, 0.25) is 0 Å². The number of likely N-dealkylation sites (N-methyl/N-ethyl adjacent to an activating group) is 1. The van der Waals surface area contributed by atoms with Crippen molar-refractivity contribution in [3.63, 3.8) is 0 Å². The quantitative estimate of drug-likeness (QED) is 0.649. The van der Waals surface area contributed by atoms with Gasteiger partial charge < -0.3 is 9.64 Å². The molecule has 0 bridgehead atoms. The van der Waals surface area contributed by atoms with Gasteiger partial charge in [-0.25, -0.2) is 18.7 Å². The predicted molar refractivity (Wildman–Crippen MR) is 109 cm³/mol. The molecule has 1 amide bonds. The normalized spacial score (nSPS) is 20.7. The van der Waals surface area contributed by atoms with E-state index in [1.165, 1.54) is 18.5 Å². The Bertz CT molecular complexity index is 1140. The van der Waals surface area contributed by atoms with Gasteiger partial charge in [-0.1, -0.05) is 6.07 Å². The van der Waals surface area contributed by atoms with Crippen LogP contribution in [0.1, 0.15) is 15.9 Å². The fraction of sp³-hybridized carbons (Fsp3) is 0.261. The van der Waals surface area contributed by atoms with Crippen LogP contribution in [-0.4, -0.2) is 58.0 Å². The van der Waals surface area contributed by atoms with Crippen molar-refractivity contribution in [3.05, 3.63) is 77.9 Å². The summed E-state index contributed by atoms with van der Waals surface area (Å²) >= 11 is 0. The van der Waals surface area contributed by atoms with Crippen LogP contribution in [0, 0.1) is 11.6 Å². The van der Waals surface area contributed by atoms with E-state index >= 15 is 0 Å². The molecule has 1 fully saturated rings. The van der Waals surface area contributed by atoms with Gasteiger partial charge in [0.25, 0.3) is 5.91 Å². The second kappa shape index (κ2) is 7.70. The number of fused-ring (bicyclic) bond motifs is 2. The highest BCUT2D eigenvalue weighted by Gasteiger charge is 2.42. The van der Waals surface area contributed by atoms with Crippen LogP contribution < -0.4 is 4.74 Å². The molecule has 1 saturated heterocycles. The van der Waals surface area contributed by atoms with E-state index in [2.05, 4.69) is 14.9 Å². The lowest BCUT2D eigenvalue weighted by Gasteiger charge is -2.25. The third-order valence-corrected chi connectivity index (χ3v) is 5.88. The van der Waals surface area contributed by atoms with Gasteiger partial charge in [-0.2, -0.15) is 0 Å². The monoisotopic (exact) mass is 422 g/mol. The van der Waals surface area contributed by atoms with Crippen molar-refractivity contribution in [2.24, 2.45) is 0 Å². The Balaban J connectivity index is 1.44. The molecule has 0 aliphatic carbocycles. The van der Waals surface area contributed by atoms with Crippen LogP contribution >= 0.6 is 0 Å². The Kier molecular flexibility index (Phi) is 4.86. The van der Waals surface area contributed by atoms with E-state index in [0.29, 0.717) is 36.5 Å². The average molecular weight is 422 g/mol. The van der Waals surface area contributed by atoms with E-state index in [1.807, 2.05) is 0 Å². The largest absolute Gasteiger partial charge is 0.486 e. The maximum atomic E-state index is 14.3. The molecule has 2 aromatic carbocycles. The van der Waals surface area contributed by atoms with Crippen LogP contribution in [-0.2, 0) is 6.54 Å². The molecule has 2 aliphatic heterocycles. The Morgan fingerprint density at radius 3 is 2.61 bits per heavy atom. The van der Waals surface area contributed by atoms with Crippen LogP contribution in [0.5, 0.6) is 5.75 Å². The van der Waals surface area contributed by atoms with Crippen LogP contribution in [0.4, 0.5) is 8.78 Å². The minimum absolute atomic E-state index is 0.115. The number of benzene rings is 2. The number of rotatable bonds is 3. The lowest BCUT2D eigenvalue weighted by Crippen LogP contribution is -2.44. The molecule has 2 unspecified atom stereocenters.